The van der Waals surface area contributed by atoms with Gasteiger partial charge in [-0.1, -0.05) is 23.7 Å². The van der Waals surface area contributed by atoms with E-state index in [0.29, 0.717) is 36.0 Å². The summed E-state index contributed by atoms with van der Waals surface area (Å²) in [5.74, 6) is 1.10. The van der Waals surface area contributed by atoms with E-state index in [9.17, 15) is 9.59 Å². The number of esters is 1. The summed E-state index contributed by atoms with van der Waals surface area (Å²) < 4.78 is 11.4. The summed E-state index contributed by atoms with van der Waals surface area (Å²) in [6.45, 7) is 14.4. The maximum absolute atomic E-state index is 12.7. The summed E-state index contributed by atoms with van der Waals surface area (Å²) in [6, 6.07) is 11.4. The molecule has 2 aliphatic heterocycles. The summed E-state index contributed by atoms with van der Waals surface area (Å²) in [6.07, 6.45) is 3.98. The van der Waals surface area contributed by atoms with E-state index in [2.05, 4.69) is 25.4 Å². The van der Waals surface area contributed by atoms with E-state index < -0.39 is 5.60 Å². The zero-order valence-electron chi connectivity index (χ0n) is 25.5. The van der Waals surface area contributed by atoms with Gasteiger partial charge >= 0.3 is 5.97 Å². The summed E-state index contributed by atoms with van der Waals surface area (Å²) in [7, 11) is 0. The molecule has 3 heterocycles. The van der Waals surface area contributed by atoms with Gasteiger partial charge in [0.15, 0.2) is 0 Å². The zero-order valence-corrected chi connectivity index (χ0v) is 26.3. The molecular weight excluding hydrogens is 566 g/mol. The van der Waals surface area contributed by atoms with Gasteiger partial charge in [0.2, 0.25) is 5.91 Å². The van der Waals surface area contributed by atoms with Crippen molar-refractivity contribution in [1.82, 2.24) is 25.4 Å². The third-order valence-corrected chi connectivity index (χ3v) is 8.36. The van der Waals surface area contributed by atoms with Gasteiger partial charge in [-0.2, -0.15) is 0 Å². The Morgan fingerprint density at radius 3 is 2.44 bits per heavy atom. The Kier molecular flexibility index (Phi) is 10.3. The van der Waals surface area contributed by atoms with Crippen LogP contribution in [0.1, 0.15) is 44.0 Å². The molecule has 0 bridgehead atoms. The quantitative estimate of drug-likeness (QED) is 0.229. The number of carbonyl (C=O) groups excluding carboxylic acids is 2. The van der Waals surface area contributed by atoms with Crippen LogP contribution >= 0.6 is 11.6 Å². The largest absolute Gasteiger partial charge is 0.492 e. The van der Waals surface area contributed by atoms with Crippen molar-refractivity contribution < 1.29 is 19.1 Å². The predicted molar refractivity (Wildman–Crippen MR) is 171 cm³/mol. The number of piperidine rings is 1. The normalized spacial score (nSPS) is 17.2. The first-order valence-corrected chi connectivity index (χ1v) is 15.7. The average molecular weight is 610 g/mol. The third kappa shape index (κ3) is 8.72. The zero-order chi connectivity index (χ0) is 30.4. The number of hydrogen-bond donors (Lipinski definition) is 3. The van der Waals surface area contributed by atoms with E-state index in [4.69, 9.17) is 21.1 Å². The Hall–Kier alpha value is -3.11. The maximum Gasteiger partial charge on any atom is 0.340 e. The smallest absolute Gasteiger partial charge is 0.340 e. The van der Waals surface area contributed by atoms with Gasteiger partial charge < -0.3 is 30.0 Å². The standard InChI is InChI=1S/C33H44ClN5O4/c1-33(2,3)43-32(41)28-20-37-30-19-29(34)26(18-27(28)30)24-4-6-25(7-5-24)42-17-12-36-31(40)22-38-13-8-23(9-14-38)21-39-15-10-35-11-16-39/h4-7,18-20,23,35,37H,8-17,21-22H2,1-3H3,(H,36,40). The highest BCUT2D eigenvalue weighted by Crippen LogP contribution is 2.34. The molecule has 0 atom stereocenters. The fraction of sp³-hybridized carbons (Fsp3) is 0.515. The van der Waals surface area contributed by atoms with Crippen LogP contribution in [0.5, 0.6) is 5.75 Å². The highest BCUT2D eigenvalue weighted by Gasteiger charge is 2.24. The number of carbonyl (C=O) groups is 2. The molecule has 0 unspecified atom stereocenters. The second-order valence-corrected chi connectivity index (χ2v) is 13.0. The van der Waals surface area contributed by atoms with Gasteiger partial charge in [0, 0.05) is 55.4 Å². The van der Waals surface area contributed by atoms with E-state index >= 15 is 0 Å². The van der Waals surface area contributed by atoms with Crippen LogP contribution in [0.2, 0.25) is 5.02 Å². The molecule has 5 rings (SSSR count). The van der Waals surface area contributed by atoms with Gasteiger partial charge in [0.25, 0.3) is 0 Å². The van der Waals surface area contributed by atoms with Gasteiger partial charge in [-0.15, -0.1) is 0 Å². The second kappa shape index (κ2) is 14.1. The van der Waals surface area contributed by atoms with Crippen LogP contribution in [0.3, 0.4) is 0 Å². The Bertz CT molecular complexity index is 1390. The number of H-pyrrole nitrogens is 1. The van der Waals surface area contributed by atoms with Crippen molar-refractivity contribution in [3.05, 3.63) is 53.2 Å². The lowest BCUT2D eigenvalue weighted by Gasteiger charge is -2.36. The number of rotatable bonds is 10. The van der Waals surface area contributed by atoms with E-state index in [1.807, 2.05) is 57.2 Å². The van der Waals surface area contributed by atoms with E-state index in [1.54, 1.807) is 6.20 Å². The molecule has 0 spiro atoms. The average Bonchev–Trinajstić information content (AvgIpc) is 3.39. The Morgan fingerprint density at radius 1 is 1.02 bits per heavy atom. The fourth-order valence-electron chi connectivity index (χ4n) is 5.80. The Balaban J connectivity index is 1.06. The molecule has 0 aliphatic carbocycles. The number of likely N-dealkylation sites (tertiary alicyclic amines) is 1. The molecule has 3 aromatic rings. The molecule has 3 N–H and O–H groups in total. The number of aromatic nitrogens is 1. The van der Waals surface area contributed by atoms with Gasteiger partial charge in [-0.3, -0.25) is 9.69 Å². The molecule has 1 amide bonds. The summed E-state index contributed by atoms with van der Waals surface area (Å²) in [4.78, 5) is 33.2. The molecule has 43 heavy (non-hydrogen) atoms. The Labute approximate surface area is 259 Å². The number of hydrogen-bond acceptors (Lipinski definition) is 7. The van der Waals surface area contributed by atoms with Crippen LogP contribution < -0.4 is 15.4 Å². The molecule has 2 fully saturated rings. The van der Waals surface area contributed by atoms with Crippen LogP contribution in [0, 0.1) is 5.92 Å². The lowest BCUT2D eigenvalue weighted by atomic mass is 9.96. The second-order valence-electron chi connectivity index (χ2n) is 12.6. The van der Waals surface area contributed by atoms with Crippen LogP contribution in [0.25, 0.3) is 22.0 Å². The predicted octanol–water partition coefficient (Wildman–Crippen LogP) is 4.56. The molecule has 0 radical (unpaired) electrons. The number of amides is 1. The van der Waals surface area contributed by atoms with Crippen LogP contribution in [0.15, 0.2) is 42.6 Å². The van der Waals surface area contributed by atoms with Crippen molar-refractivity contribution in [2.24, 2.45) is 5.92 Å². The molecule has 232 valence electrons. The van der Waals surface area contributed by atoms with Crippen molar-refractivity contribution >= 4 is 34.4 Å². The number of piperazine rings is 1. The number of fused-ring (bicyclic) bond motifs is 1. The van der Waals surface area contributed by atoms with E-state index in [-0.39, 0.29) is 11.9 Å². The molecule has 2 saturated heterocycles. The first-order valence-electron chi connectivity index (χ1n) is 15.3. The van der Waals surface area contributed by atoms with Gasteiger partial charge in [-0.25, -0.2) is 4.79 Å². The fourth-order valence-corrected chi connectivity index (χ4v) is 6.07. The lowest BCUT2D eigenvalue weighted by Crippen LogP contribution is -2.47. The number of nitrogens with one attached hydrogen (secondary N) is 3. The van der Waals surface area contributed by atoms with Crippen molar-refractivity contribution in [3.63, 3.8) is 0 Å². The van der Waals surface area contributed by atoms with Crippen LogP contribution in [-0.2, 0) is 9.53 Å². The molecule has 9 nitrogen and oxygen atoms in total. The molecule has 2 aliphatic rings. The van der Waals surface area contributed by atoms with Crippen molar-refractivity contribution in [1.29, 1.82) is 0 Å². The minimum Gasteiger partial charge on any atom is -0.492 e. The summed E-state index contributed by atoms with van der Waals surface area (Å²) >= 11 is 6.61. The van der Waals surface area contributed by atoms with Gasteiger partial charge in [-0.05, 0) is 82.4 Å². The number of nitrogens with zero attached hydrogens (tertiary/aromatic N) is 2. The van der Waals surface area contributed by atoms with E-state index in [1.165, 1.54) is 6.54 Å². The van der Waals surface area contributed by atoms with Gasteiger partial charge in [0.05, 0.1) is 23.7 Å². The molecule has 2 aromatic carbocycles. The number of halogens is 1. The maximum atomic E-state index is 12.7. The van der Waals surface area contributed by atoms with Crippen molar-refractivity contribution in [2.75, 3.05) is 65.5 Å². The number of aromatic amines is 1. The monoisotopic (exact) mass is 609 g/mol. The number of ether oxygens (including phenoxy) is 2. The van der Waals surface area contributed by atoms with Crippen LogP contribution in [-0.4, -0.2) is 97.8 Å². The lowest BCUT2D eigenvalue weighted by molar-refractivity contribution is -0.122. The van der Waals surface area contributed by atoms with Gasteiger partial charge in [0.1, 0.15) is 18.0 Å². The summed E-state index contributed by atoms with van der Waals surface area (Å²) in [5.41, 5.74) is 2.37. The first kappa shape index (κ1) is 31.3. The summed E-state index contributed by atoms with van der Waals surface area (Å²) in [5, 5.41) is 7.73. The van der Waals surface area contributed by atoms with Crippen LogP contribution in [0.4, 0.5) is 0 Å². The number of benzene rings is 2. The molecular formula is C33H44ClN5O4. The minimum atomic E-state index is -0.587. The minimum absolute atomic E-state index is 0.0417. The highest BCUT2D eigenvalue weighted by molar-refractivity contribution is 6.34. The third-order valence-electron chi connectivity index (χ3n) is 8.05. The Morgan fingerprint density at radius 2 is 1.74 bits per heavy atom. The first-order chi connectivity index (χ1) is 20.6. The van der Waals surface area contributed by atoms with Crippen molar-refractivity contribution in [3.8, 4) is 16.9 Å². The molecule has 10 heteroatoms. The molecule has 0 saturated carbocycles. The topological polar surface area (TPSA) is 98.9 Å². The molecule has 1 aromatic heterocycles. The highest BCUT2D eigenvalue weighted by atomic mass is 35.5. The van der Waals surface area contributed by atoms with E-state index in [0.717, 1.165) is 80.1 Å². The SMILES string of the molecule is CC(C)(C)OC(=O)c1c[nH]c2cc(Cl)c(-c3ccc(OCCNC(=O)CN4CCC(CN5CCNCC5)CC4)cc3)cc12. The van der Waals surface area contributed by atoms with Crippen molar-refractivity contribution in [2.45, 2.75) is 39.2 Å².